The van der Waals surface area contributed by atoms with E-state index in [2.05, 4.69) is 0 Å². The Bertz CT molecular complexity index is 342. The first-order valence-electron chi connectivity index (χ1n) is 6.84. The summed E-state index contributed by atoms with van der Waals surface area (Å²) in [5, 5.41) is 0. The maximum atomic E-state index is 12.0. The Morgan fingerprint density at radius 2 is 2.05 bits per heavy atom. The average Bonchev–Trinajstić information content (AvgIpc) is 2.67. The van der Waals surface area contributed by atoms with Crippen LogP contribution in [0.25, 0.3) is 0 Å². The fourth-order valence-electron chi connectivity index (χ4n) is 2.22. The van der Waals surface area contributed by atoms with Crippen LogP contribution in [0.15, 0.2) is 0 Å². The Morgan fingerprint density at radius 3 is 2.62 bits per heavy atom. The van der Waals surface area contributed by atoms with Crippen LogP contribution in [0.2, 0.25) is 0 Å². The molecule has 0 unspecified atom stereocenters. The van der Waals surface area contributed by atoms with Gasteiger partial charge in [-0.05, 0) is 13.8 Å². The monoisotopic (exact) mass is 304 g/mol. The molecule has 0 amide bonds. The second-order valence-corrected chi connectivity index (χ2v) is 5.37. The third kappa shape index (κ3) is 4.47. The Kier molecular flexibility index (Phi) is 7.24. The normalized spacial score (nSPS) is 25.6. The number of cyclic esters (lactones) is 1. The second-order valence-electron chi connectivity index (χ2n) is 5.37. The van der Waals surface area contributed by atoms with Gasteiger partial charge in [0.15, 0.2) is 6.10 Å². The zero-order chi connectivity index (χ0) is 15.9. The maximum absolute atomic E-state index is 12.0. The van der Waals surface area contributed by atoms with Gasteiger partial charge >= 0.3 is 5.97 Å². The quantitative estimate of drug-likeness (QED) is 0.252. The van der Waals surface area contributed by atoms with Gasteiger partial charge in [-0.15, -0.1) is 0 Å². The van der Waals surface area contributed by atoms with Gasteiger partial charge in [-0.3, -0.25) is 4.79 Å². The summed E-state index contributed by atoms with van der Waals surface area (Å²) in [6, 6.07) is 0. The molecule has 0 saturated carbocycles. The predicted octanol–water partition coefficient (Wildman–Crippen LogP) is 0.548. The van der Waals surface area contributed by atoms with Crippen LogP contribution < -0.4 is 0 Å². The molecule has 1 aliphatic heterocycles. The van der Waals surface area contributed by atoms with Gasteiger partial charge in [-0.1, -0.05) is 0 Å². The smallest absolute Gasteiger partial charge is 0.314 e. The third-order valence-corrected chi connectivity index (χ3v) is 3.54. The molecule has 1 rings (SSSR count). The first kappa shape index (κ1) is 18.0. The van der Waals surface area contributed by atoms with E-state index in [0.717, 1.165) is 6.29 Å². The van der Waals surface area contributed by atoms with Crippen molar-refractivity contribution >= 4 is 12.3 Å². The van der Waals surface area contributed by atoms with E-state index in [1.54, 1.807) is 21.0 Å². The number of carbonyl (C=O) groups is 2. The zero-order valence-electron chi connectivity index (χ0n) is 13.0. The van der Waals surface area contributed by atoms with Crippen molar-refractivity contribution in [1.29, 1.82) is 0 Å². The molecule has 7 heteroatoms. The van der Waals surface area contributed by atoms with E-state index in [0.29, 0.717) is 13.2 Å². The molecule has 0 aromatic carbocycles. The topological polar surface area (TPSA) is 80.3 Å². The molecular formula is C14H24O7. The molecule has 1 heterocycles. The van der Waals surface area contributed by atoms with Gasteiger partial charge in [0.05, 0.1) is 18.6 Å². The summed E-state index contributed by atoms with van der Waals surface area (Å²) in [6.07, 6.45) is -0.836. The highest BCUT2D eigenvalue weighted by atomic mass is 16.7. The number of methoxy groups -OCH3 is 2. The molecule has 1 saturated heterocycles. The molecule has 0 aromatic rings. The van der Waals surface area contributed by atoms with Crippen molar-refractivity contribution in [2.45, 2.75) is 38.6 Å². The lowest BCUT2D eigenvalue weighted by Gasteiger charge is -2.28. The molecule has 21 heavy (non-hydrogen) atoms. The van der Waals surface area contributed by atoms with Crippen molar-refractivity contribution in [3.63, 3.8) is 0 Å². The maximum Gasteiger partial charge on any atom is 0.314 e. The standard InChI is InChI=1S/C14H24O7/c1-14(2)12(20-9-19-8-7-17-3)11(21-13(14)16)10(18-4)5-6-15/h6,10-12H,5,7-9H2,1-4H3/t10-,11+,12-/m0/s1. The van der Waals surface area contributed by atoms with Crippen molar-refractivity contribution in [3.8, 4) is 0 Å². The van der Waals surface area contributed by atoms with E-state index in [4.69, 9.17) is 23.7 Å². The lowest BCUT2D eigenvalue weighted by Crippen LogP contribution is -2.43. The van der Waals surface area contributed by atoms with E-state index in [1.807, 2.05) is 0 Å². The van der Waals surface area contributed by atoms with E-state index in [9.17, 15) is 9.59 Å². The molecule has 0 aromatic heterocycles. The van der Waals surface area contributed by atoms with Crippen LogP contribution in [0.3, 0.4) is 0 Å². The molecular weight excluding hydrogens is 280 g/mol. The number of rotatable bonds is 10. The van der Waals surface area contributed by atoms with Crippen LogP contribution in [0.5, 0.6) is 0 Å². The van der Waals surface area contributed by atoms with Gasteiger partial charge in [-0.2, -0.15) is 0 Å². The van der Waals surface area contributed by atoms with Crippen LogP contribution in [0, 0.1) is 5.41 Å². The Hall–Kier alpha value is -1.02. The van der Waals surface area contributed by atoms with E-state index >= 15 is 0 Å². The fourth-order valence-corrected chi connectivity index (χ4v) is 2.22. The van der Waals surface area contributed by atoms with E-state index in [1.165, 1.54) is 7.11 Å². The molecule has 0 N–H and O–H groups in total. The van der Waals surface area contributed by atoms with Crippen LogP contribution in [-0.2, 0) is 33.3 Å². The Labute approximate surface area is 124 Å². The molecule has 3 atom stereocenters. The summed E-state index contributed by atoms with van der Waals surface area (Å²) in [4.78, 5) is 22.7. The largest absolute Gasteiger partial charge is 0.456 e. The van der Waals surface area contributed by atoms with Gasteiger partial charge in [-0.25, -0.2) is 0 Å². The molecule has 7 nitrogen and oxygen atoms in total. The molecule has 0 spiro atoms. The van der Waals surface area contributed by atoms with Crippen LogP contribution in [-0.4, -0.2) is 64.8 Å². The fraction of sp³-hybridized carbons (Fsp3) is 0.857. The highest BCUT2D eigenvalue weighted by Crippen LogP contribution is 2.38. The number of carbonyl (C=O) groups excluding carboxylic acids is 2. The number of hydrogen-bond acceptors (Lipinski definition) is 7. The van der Waals surface area contributed by atoms with Crippen LogP contribution in [0.1, 0.15) is 20.3 Å². The number of aldehydes is 1. The van der Waals surface area contributed by atoms with Gasteiger partial charge in [0.25, 0.3) is 0 Å². The van der Waals surface area contributed by atoms with Gasteiger partial charge in [0, 0.05) is 20.6 Å². The summed E-state index contributed by atoms with van der Waals surface area (Å²) in [6.45, 7) is 4.35. The Morgan fingerprint density at radius 1 is 1.33 bits per heavy atom. The minimum atomic E-state index is -0.824. The number of ether oxygens (including phenoxy) is 5. The van der Waals surface area contributed by atoms with Crippen molar-refractivity contribution in [2.75, 3.05) is 34.2 Å². The third-order valence-electron chi connectivity index (χ3n) is 3.54. The Balaban J connectivity index is 2.67. The van der Waals surface area contributed by atoms with Gasteiger partial charge < -0.3 is 28.5 Å². The molecule has 122 valence electrons. The summed E-state index contributed by atoms with van der Waals surface area (Å²) < 4.78 is 26.4. The lowest BCUT2D eigenvalue weighted by atomic mass is 9.84. The summed E-state index contributed by atoms with van der Waals surface area (Å²) in [5.74, 6) is -0.373. The minimum Gasteiger partial charge on any atom is -0.456 e. The minimum absolute atomic E-state index is 0.0160. The van der Waals surface area contributed by atoms with E-state index in [-0.39, 0.29) is 19.2 Å². The predicted molar refractivity (Wildman–Crippen MR) is 72.7 cm³/mol. The zero-order valence-corrected chi connectivity index (χ0v) is 13.0. The van der Waals surface area contributed by atoms with Crippen molar-refractivity contribution in [3.05, 3.63) is 0 Å². The summed E-state index contributed by atoms with van der Waals surface area (Å²) >= 11 is 0. The highest BCUT2D eigenvalue weighted by Gasteiger charge is 2.54. The highest BCUT2D eigenvalue weighted by molar-refractivity contribution is 5.79. The van der Waals surface area contributed by atoms with Crippen molar-refractivity contribution < 1.29 is 33.3 Å². The van der Waals surface area contributed by atoms with Crippen molar-refractivity contribution in [1.82, 2.24) is 0 Å². The van der Waals surface area contributed by atoms with Crippen LogP contribution >= 0.6 is 0 Å². The molecule has 0 bridgehead atoms. The first-order chi connectivity index (χ1) is 9.98. The summed E-state index contributed by atoms with van der Waals surface area (Å²) in [7, 11) is 3.05. The van der Waals surface area contributed by atoms with E-state index < -0.39 is 23.7 Å². The molecule has 1 aliphatic rings. The number of hydrogen-bond donors (Lipinski definition) is 0. The second kappa shape index (κ2) is 8.43. The SMILES string of the molecule is COCCOCO[C@H]1[C@@H]([C@H](CC=O)OC)OC(=O)C1(C)C. The lowest BCUT2D eigenvalue weighted by molar-refractivity contribution is -0.156. The molecule has 1 fully saturated rings. The van der Waals surface area contributed by atoms with Crippen LogP contribution in [0.4, 0.5) is 0 Å². The molecule has 0 aliphatic carbocycles. The first-order valence-corrected chi connectivity index (χ1v) is 6.84. The summed E-state index contributed by atoms with van der Waals surface area (Å²) in [5.41, 5.74) is -0.824. The van der Waals surface area contributed by atoms with Gasteiger partial charge in [0.1, 0.15) is 25.3 Å². The van der Waals surface area contributed by atoms with Gasteiger partial charge in [0.2, 0.25) is 0 Å². The van der Waals surface area contributed by atoms with Crippen molar-refractivity contribution in [2.24, 2.45) is 5.41 Å². The average molecular weight is 304 g/mol. The number of esters is 1. The molecule has 0 radical (unpaired) electrons.